The van der Waals surface area contributed by atoms with E-state index in [0.29, 0.717) is 25.7 Å². The van der Waals surface area contributed by atoms with Crippen LogP contribution in [0.4, 0.5) is 0 Å². The third kappa shape index (κ3) is 66.0. The van der Waals surface area contributed by atoms with Crippen molar-refractivity contribution in [1.82, 2.24) is 0 Å². The van der Waals surface area contributed by atoms with Gasteiger partial charge in [0.05, 0.1) is 26.4 Å². The second-order valence-electron chi connectivity index (χ2n) is 28.5. The highest BCUT2D eigenvalue weighted by molar-refractivity contribution is 7.47. The summed E-state index contributed by atoms with van der Waals surface area (Å²) in [5, 5.41) is 10.6. The zero-order chi connectivity index (χ0) is 69.6. The van der Waals surface area contributed by atoms with Gasteiger partial charge in [-0.25, -0.2) is 9.13 Å². The van der Waals surface area contributed by atoms with Crippen molar-refractivity contribution in [2.75, 3.05) is 39.6 Å². The first kappa shape index (κ1) is 92.1. The van der Waals surface area contributed by atoms with Crippen LogP contribution in [0.2, 0.25) is 0 Å². The molecule has 3 N–H and O–H groups in total. The van der Waals surface area contributed by atoms with Gasteiger partial charge in [0.25, 0.3) is 0 Å². The summed E-state index contributed by atoms with van der Waals surface area (Å²) in [7, 11) is -9.91. The standard InChI is InChI=1S/C75H146O17P2/c1-9-67(7)53-45-37-29-22-19-20-24-32-42-50-58-75(80)91-70(61-85-72(77)55-47-39-30-26-25-28-36-44-52-66(5)6)63-89-93(81,82)87-59-69(76)60-88-94(83,84)90-64-71(62-86-73(78)56-48-40-34-33-38-46-54-68(8)10-2)92-74(79)57-49-41-31-23-18-16-14-12-11-13-15-17-21-27-35-43-51-65(3)4/h65-71,76H,9-64H2,1-8H3,(H,81,82)(H,83,84)/t67?,68?,69-,70-,71-/m1/s1. The molecule has 94 heavy (non-hydrogen) atoms. The van der Waals surface area contributed by atoms with Crippen molar-refractivity contribution in [1.29, 1.82) is 0 Å². The van der Waals surface area contributed by atoms with Crippen LogP contribution in [0, 0.1) is 23.7 Å². The molecule has 19 heteroatoms. The highest BCUT2D eigenvalue weighted by Crippen LogP contribution is 2.45. The molecule has 0 aromatic heterocycles. The van der Waals surface area contributed by atoms with Crippen LogP contribution in [0.5, 0.6) is 0 Å². The van der Waals surface area contributed by atoms with Gasteiger partial charge in [-0.05, 0) is 49.4 Å². The number of ether oxygens (including phenoxy) is 4. The predicted molar refractivity (Wildman–Crippen MR) is 381 cm³/mol. The van der Waals surface area contributed by atoms with Gasteiger partial charge < -0.3 is 33.8 Å². The molecule has 0 heterocycles. The number of phosphoric ester groups is 2. The second kappa shape index (κ2) is 64.4. The average molecular weight is 1380 g/mol. The topological polar surface area (TPSA) is 237 Å². The molecule has 0 aliphatic heterocycles. The number of unbranched alkanes of at least 4 members (excludes halogenated alkanes) is 36. The van der Waals surface area contributed by atoms with E-state index in [0.717, 1.165) is 120 Å². The first-order valence-electron chi connectivity index (χ1n) is 38.8. The van der Waals surface area contributed by atoms with Crippen LogP contribution in [0.3, 0.4) is 0 Å². The molecule has 0 spiro atoms. The Morgan fingerprint density at radius 2 is 0.511 bits per heavy atom. The normalized spacial score (nSPS) is 14.7. The maximum atomic E-state index is 13.1. The van der Waals surface area contributed by atoms with E-state index in [9.17, 15) is 43.2 Å². The molecule has 0 amide bonds. The van der Waals surface area contributed by atoms with Crippen molar-refractivity contribution in [3.63, 3.8) is 0 Å². The smallest absolute Gasteiger partial charge is 0.462 e. The van der Waals surface area contributed by atoms with Gasteiger partial charge in [0.1, 0.15) is 19.3 Å². The number of carbonyl (C=O) groups is 4. The first-order chi connectivity index (χ1) is 45.2. The maximum Gasteiger partial charge on any atom is 0.472 e. The summed E-state index contributed by atoms with van der Waals surface area (Å²) in [4.78, 5) is 72.7. The van der Waals surface area contributed by atoms with E-state index in [1.165, 1.54) is 173 Å². The number of hydrogen-bond acceptors (Lipinski definition) is 15. The van der Waals surface area contributed by atoms with Gasteiger partial charge >= 0.3 is 39.5 Å². The number of aliphatic hydroxyl groups is 1. The van der Waals surface area contributed by atoms with Crippen LogP contribution in [-0.2, 0) is 65.4 Å². The molecule has 0 aliphatic rings. The minimum atomic E-state index is -4.96. The Morgan fingerprint density at radius 1 is 0.298 bits per heavy atom. The monoisotopic (exact) mass is 1380 g/mol. The zero-order valence-electron chi connectivity index (χ0n) is 61.6. The summed E-state index contributed by atoms with van der Waals surface area (Å²) in [6.07, 6.45) is 48.6. The minimum absolute atomic E-state index is 0.105. The molecule has 0 saturated carbocycles. The number of rotatable bonds is 72. The molecule has 558 valence electrons. The summed E-state index contributed by atoms with van der Waals surface area (Å²) in [6, 6.07) is 0. The summed E-state index contributed by atoms with van der Waals surface area (Å²) < 4.78 is 68.5. The lowest BCUT2D eigenvalue weighted by molar-refractivity contribution is -0.161. The average Bonchev–Trinajstić information content (AvgIpc) is 1.33. The van der Waals surface area contributed by atoms with E-state index in [1.807, 2.05) is 0 Å². The van der Waals surface area contributed by atoms with Crippen molar-refractivity contribution in [2.45, 2.75) is 395 Å². The molecular weight excluding hydrogens is 1230 g/mol. The molecule has 0 aliphatic carbocycles. The molecule has 0 aromatic carbocycles. The Bertz CT molecular complexity index is 1850. The van der Waals surface area contributed by atoms with Gasteiger partial charge in [-0.3, -0.25) is 37.3 Å². The Kier molecular flexibility index (Phi) is 63.1. The summed E-state index contributed by atoms with van der Waals surface area (Å²) in [5.41, 5.74) is 0. The SMILES string of the molecule is CCC(C)CCCCCCCCCCCCC(=O)O[C@H](COC(=O)CCCCCCCCCCC(C)C)COP(=O)(O)OC[C@@H](O)COP(=O)(O)OC[C@@H](COC(=O)CCCCCCCCC(C)CC)OC(=O)CCCCCCCCCCCCCCCCCCC(C)C. The van der Waals surface area contributed by atoms with Crippen LogP contribution in [0.25, 0.3) is 0 Å². The lowest BCUT2D eigenvalue weighted by Gasteiger charge is -2.21. The van der Waals surface area contributed by atoms with E-state index in [-0.39, 0.29) is 25.7 Å². The van der Waals surface area contributed by atoms with Crippen LogP contribution in [0.1, 0.15) is 376 Å². The van der Waals surface area contributed by atoms with E-state index in [1.54, 1.807) is 0 Å². The molecule has 0 bridgehead atoms. The van der Waals surface area contributed by atoms with Crippen molar-refractivity contribution in [3.8, 4) is 0 Å². The van der Waals surface area contributed by atoms with Crippen LogP contribution >= 0.6 is 15.6 Å². The van der Waals surface area contributed by atoms with Crippen molar-refractivity contribution in [3.05, 3.63) is 0 Å². The van der Waals surface area contributed by atoms with Crippen molar-refractivity contribution < 1.29 is 80.2 Å². The second-order valence-corrected chi connectivity index (χ2v) is 31.4. The highest BCUT2D eigenvalue weighted by atomic mass is 31.2. The van der Waals surface area contributed by atoms with Gasteiger partial charge in [0, 0.05) is 25.7 Å². The summed E-state index contributed by atoms with van der Waals surface area (Å²) in [5.74, 6) is 0.945. The van der Waals surface area contributed by atoms with Crippen LogP contribution < -0.4 is 0 Å². The molecular formula is C75H146O17P2. The van der Waals surface area contributed by atoms with Crippen LogP contribution in [0.15, 0.2) is 0 Å². The van der Waals surface area contributed by atoms with Gasteiger partial charge in [-0.1, -0.05) is 325 Å². The maximum absolute atomic E-state index is 13.1. The molecule has 17 nitrogen and oxygen atoms in total. The predicted octanol–water partition coefficient (Wildman–Crippen LogP) is 21.7. The first-order valence-corrected chi connectivity index (χ1v) is 41.8. The third-order valence-corrected chi connectivity index (χ3v) is 19.9. The molecule has 0 saturated heterocycles. The lowest BCUT2D eigenvalue weighted by Crippen LogP contribution is -2.30. The largest absolute Gasteiger partial charge is 0.472 e. The molecule has 0 rings (SSSR count). The summed E-state index contributed by atoms with van der Waals surface area (Å²) in [6.45, 7) is 14.2. The molecule has 0 fully saturated rings. The third-order valence-electron chi connectivity index (χ3n) is 18.0. The Labute approximate surface area is 575 Å². The fraction of sp³-hybridized carbons (Fsp3) is 0.947. The van der Waals surface area contributed by atoms with Crippen molar-refractivity contribution in [2.24, 2.45) is 23.7 Å². The zero-order valence-corrected chi connectivity index (χ0v) is 63.4. The molecule has 7 atom stereocenters. The van der Waals surface area contributed by atoms with E-state index in [2.05, 4.69) is 55.4 Å². The fourth-order valence-corrected chi connectivity index (χ4v) is 12.9. The van der Waals surface area contributed by atoms with Crippen LogP contribution in [-0.4, -0.2) is 96.7 Å². The number of aliphatic hydroxyl groups excluding tert-OH is 1. The number of carbonyl (C=O) groups excluding carboxylic acids is 4. The number of phosphoric acid groups is 2. The molecule has 0 aromatic rings. The van der Waals surface area contributed by atoms with E-state index >= 15 is 0 Å². The van der Waals surface area contributed by atoms with E-state index < -0.39 is 97.5 Å². The van der Waals surface area contributed by atoms with Gasteiger partial charge in [0.15, 0.2) is 12.2 Å². The highest BCUT2D eigenvalue weighted by Gasteiger charge is 2.30. The Morgan fingerprint density at radius 3 is 0.755 bits per heavy atom. The molecule has 4 unspecified atom stereocenters. The van der Waals surface area contributed by atoms with Crippen molar-refractivity contribution >= 4 is 39.5 Å². The quantitative estimate of drug-likeness (QED) is 0.0222. The van der Waals surface area contributed by atoms with Gasteiger partial charge in [-0.15, -0.1) is 0 Å². The lowest BCUT2D eigenvalue weighted by atomic mass is 9.99. The Hall–Kier alpha value is -1.94. The number of hydrogen-bond donors (Lipinski definition) is 3. The minimum Gasteiger partial charge on any atom is -0.462 e. The molecule has 0 radical (unpaired) electrons. The Balaban J connectivity index is 5.23. The van der Waals surface area contributed by atoms with Gasteiger partial charge in [0.2, 0.25) is 0 Å². The number of esters is 4. The van der Waals surface area contributed by atoms with E-state index in [4.69, 9.17) is 37.0 Å². The fourth-order valence-electron chi connectivity index (χ4n) is 11.3. The summed E-state index contributed by atoms with van der Waals surface area (Å²) >= 11 is 0. The van der Waals surface area contributed by atoms with Gasteiger partial charge in [-0.2, -0.15) is 0 Å².